The average Bonchev–Trinajstić information content (AvgIpc) is 2.81. The summed E-state index contributed by atoms with van der Waals surface area (Å²) in [5, 5.41) is 6.50. The van der Waals surface area contributed by atoms with Crippen molar-refractivity contribution in [2.24, 2.45) is 16.4 Å². The summed E-state index contributed by atoms with van der Waals surface area (Å²) in [6, 6.07) is 0.0203. The van der Waals surface area contributed by atoms with Gasteiger partial charge in [-0.15, -0.1) is 0 Å². The van der Waals surface area contributed by atoms with Crippen molar-refractivity contribution in [3.63, 3.8) is 0 Å². The molecule has 2 fully saturated rings. The molecule has 0 bridgehead atoms. The van der Waals surface area contributed by atoms with Gasteiger partial charge in [0.05, 0.1) is 30.7 Å². The Kier molecular flexibility index (Phi) is 4.28. The molecule has 2 heterocycles. The molecule has 124 valence electrons. The van der Waals surface area contributed by atoms with Gasteiger partial charge in [0.1, 0.15) is 6.17 Å². The van der Waals surface area contributed by atoms with Crippen molar-refractivity contribution in [3.8, 4) is 0 Å². The molecule has 3 aliphatic rings. The number of rotatable bonds is 4. The molecule has 2 aliphatic heterocycles. The van der Waals surface area contributed by atoms with Gasteiger partial charge in [-0.1, -0.05) is 44.4 Å². The van der Waals surface area contributed by atoms with Gasteiger partial charge in [0.25, 0.3) is 0 Å². The van der Waals surface area contributed by atoms with Crippen molar-refractivity contribution in [1.82, 2.24) is 5.01 Å². The number of ether oxygens (including phenoxy) is 1. The van der Waals surface area contributed by atoms with Crippen LogP contribution in [0.5, 0.6) is 0 Å². The van der Waals surface area contributed by atoms with Gasteiger partial charge in [-0.3, -0.25) is 5.01 Å². The SMILES string of the molecule is C=C1C(F)CC(C2C=CC=CC2)N1/N=C(\C)C(=C)C1(C)COC1. The van der Waals surface area contributed by atoms with E-state index in [4.69, 9.17) is 9.84 Å². The summed E-state index contributed by atoms with van der Waals surface area (Å²) in [4.78, 5) is 0. The molecular formula is C19H25FN2O. The molecule has 1 aliphatic carbocycles. The fraction of sp³-hybridized carbons (Fsp3) is 0.526. The molecule has 0 aromatic carbocycles. The van der Waals surface area contributed by atoms with Crippen LogP contribution >= 0.6 is 0 Å². The fourth-order valence-corrected chi connectivity index (χ4v) is 3.43. The zero-order valence-electron chi connectivity index (χ0n) is 14.0. The van der Waals surface area contributed by atoms with Crippen LogP contribution < -0.4 is 0 Å². The maximum absolute atomic E-state index is 14.2. The van der Waals surface area contributed by atoms with E-state index in [1.807, 2.05) is 19.1 Å². The summed E-state index contributed by atoms with van der Waals surface area (Å²) < 4.78 is 19.5. The third-order valence-electron chi connectivity index (χ3n) is 5.19. The Bertz CT molecular complexity index is 600. The largest absolute Gasteiger partial charge is 0.379 e. The lowest BCUT2D eigenvalue weighted by Crippen LogP contribution is -2.43. The lowest BCUT2D eigenvalue weighted by molar-refractivity contribution is -0.0744. The summed E-state index contributed by atoms with van der Waals surface area (Å²) >= 11 is 0. The van der Waals surface area contributed by atoms with Crippen molar-refractivity contribution >= 4 is 5.71 Å². The Morgan fingerprint density at radius 2 is 2.17 bits per heavy atom. The number of allylic oxidation sites excluding steroid dienone is 4. The van der Waals surface area contributed by atoms with Crippen LogP contribution in [0.4, 0.5) is 4.39 Å². The van der Waals surface area contributed by atoms with Gasteiger partial charge in [0, 0.05) is 17.8 Å². The molecule has 0 spiro atoms. The summed E-state index contributed by atoms with van der Waals surface area (Å²) in [6.45, 7) is 13.5. The lowest BCUT2D eigenvalue weighted by Gasteiger charge is -2.40. The normalized spacial score (nSPS) is 33.0. The monoisotopic (exact) mass is 316 g/mol. The summed E-state index contributed by atoms with van der Waals surface area (Å²) in [7, 11) is 0. The second-order valence-electron chi connectivity index (χ2n) is 7.04. The van der Waals surface area contributed by atoms with Crippen molar-refractivity contribution in [1.29, 1.82) is 0 Å². The van der Waals surface area contributed by atoms with Gasteiger partial charge in [0.15, 0.2) is 0 Å². The van der Waals surface area contributed by atoms with Crippen molar-refractivity contribution < 1.29 is 9.13 Å². The van der Waals surface area contributed by atoms with Crippen molar-refractivity contribution in [3.05, 3.63) is 48.7 Å². The maximum Gasteiger partial charge on any atom is 0.143 e. The van der Waals surface area contributed by atoms with Crippen LogP contribution in [0, 0.1) is 11.3 Å². The van der Waals surface area contributed by atoms with E-state index in [1.54, 1.807) is 5.01 Å². The summed E-state index contributed by atoms with van der Waals surface area (Å²) in [6.07, 6.45) is 8.67. The Labute approximate surface area is 137 Å². The van der Waals surface area contributed by atoms with E-state index in [9.17, 15) is 4.39 Å². The van der Waals surface area contributed by atoms with Gasteiger partial charge in [-0.05, 0) is 18.9 Å². The summed E-state index contributed by atoms with van der Waals surface area (Å²) in [5.41, 5.74) is 2.22. The molecule has 2 saturated heterocycles. The van der Waals surface area contributed by atoms with Gasteiger partial charge in [-0.25, -0.2) is 4.39 Å². The highest BCUT2D eigenvalue weighted by Gasteiger charge is 2.41. The molecule has 23 heavy (non-hydrogen) atoms. The minimum absolute atomic E-state index is 0.0203. The molecule has 0 amide bonds. The number of nitrogens with zero attached hydrogens (tertiary/aromatic N) is 2. The molecule has 3 nitrogen and oxygen atoms in total. The van der Waals surface area contributed by atoms with E-state index in [1.165, 1.54) is 0 Å². The number of hydrazone groups is 1. The Hall–Kier alpha value is -1.68. The van der Waals surface area contributed by atoms with Crippen LogP contribution in [0.25, 0.3) is 0 Å². The smallest absolute Gasteiger partial charge is 0.143 e. The van der Waals surface area contributed by atoms with Crippen molar-refractivity contribution in [2.45, 2.75) is 38.9 Å². The highest BCUT2D eigenvalue weighted by molar-refractivity contribution is 5.98. The number of halogens is 1. The second kappa shape index (κ2) is 6.08. The molecule has 0 radical (unpaired) electrons. The molecule has 3 rings (SSSR count). The lowest BCUT2D eigenvalue weighted by atomic mass is 9.79. The highest BCUT2D eigenvalue weighted by atomic mass is 19.1. The standard InChI is InChI=1S/C19H25FN2O/c1-13(19(4)11-23-12-19)14(2)21-22-15(3)17(20)10-18(22)16-8-6-5-7-9-16/h5-8,16-18H,1,3,9-12H2,2,4H3/b21-14+. The summed E-state index contributed by atoms with van der Waals surface area (Å²) in [5.74, 6) is 0.268. The van der Waals surface area contributed by atoms with Gasteiger partial charge in [-0.2, -0.15) is 5.10 Å². The fourth-order valence-electron chi connectivity index (χ4n) is 3.43. The molecule has 0 aromatic heterocycles. The van der Waals surface area contributed by atoms with E-state index in [-0.39, 0.29) is 17.4 Å². The van der Waals surface area contributed by atoms with Crippen LogP contribution in [-0.4, -0.2) is 36.1 Å². The quantitative estimate of drug-likeness (QED) is 0.732. The van der Waals surface area contributed by atoms with E-state index in [0.717, 1.165) is 17.7 Å². The predicted octanol–water partition coefficient (Wildman–Crippen LogP) is 4.01. The third-order valence-corrected chi connectivity index (χ3v) is 5.19. The second-order valence-corrected chi connectivity index (χ2v) is 7.04. The maximum atomic E-state index is 14.2. The van der Waals surface area contributed by atoms with Crippen LogP contribution in [0.1, 0.15) is 26.7 Å². The molecule has 0 N–H and O–H groups in total. The minimum atomic E-state index is -1.02. The average molecular weight is 316 g/mol. The zero-order valence-corrected chi connectivity index (χ0v) is 14.0. The number of hydrogen-bond acceptors (Lipinski definition) is 3. The molecule has 3 unspecified atom stereocenters. The molecule has 0 saturated carbocycles. The topological polar surface area (TPSA) is 24.8 Å². The van der Waals surface area contributed by atoms with E-state index in [0.29, 0.717) is 25.3 Å². The first-order valence-corrected chi connectivity index (χ1v) is 8.20. The van der Waals surface area contributed by atoms with Crippen LogP contribution in [0.3, 0.4) is 0 Å². The first kappa shape index (κ1) is 16.2. The zero-order chi connectivity index (χ0) is 16.6. The molecule has 0 aromatic rings. The van der Waals surface area contributed by atoms with E-state index >= 15 is 0 Å². The Balaban J connectivity index is 1.81. The third kappa shape index (κ3) is 2.92. The van der Waals surface area contributed by atoms with Gasteiger partial charge in [0.2, 0.25) is 0 Å². The first-order chi connectivity index (χ1) is 10.9. The molecular weight excluding hydrogens is 291 g/mol. The van der Waals surface area contributed by atoms with Crippen LogP contribution in [0.15, 0.2) is 53.8 Å². The van der Waals surface area contributed by atoms with E-state index in [2.05, 4.69) is 32.2 Å². The number of hydrogen-bond donors (Lipinski definition) is 0. The highest BCUT2D eigenvalue weighted by Crippen LogP contribution is 2.38. The Morgan fingerprint density at radius 3 is 2.74 bits per heavy atom. The van der Waals surface area contributed by atoms with Crippen molar-refractivity contribution in [2.75, 3.05) is 13.2 Å². The first-order valence-electron chi connectivity index (χ1n) is 8.20. The minimum Gasteiger partial charge on any atom is -0.379 e. The van der Waals surface area contributed by atoms with Crippen LogP contribution in [0.2, 0.25) is 0 Å². The Morgan fingerprint density at radius 1 is 1.43 bits per heavy atom. The number of alkyl halides is 1. The predicted molar refractivity (Wildman–Crippen MR) is 91.8 cm³/mol. The van der Waals surface area contributed by atoms with E-state index < -0.39 is 6.17 Å². The van der Waals surface area contributed by atoms with Crippen LogP contribution in [-0.2, 0) is 4.74 Å². The van der Waals surface area contributed by atoms with Gasteiger partial charge < -0.3 is 4.74 Å². The molecule has 3 atom stereocenters. The van der Waals surface area contributed by atoms with Gasteiger partial charge >= 0.3 is 0 Å². The molecule has 4 heteroatoms.